The predicted molar refractivity (Wildman–Crippen MR) is 60.7 cm³/mol. The van der Waals surface area contributed by atoms with E-state index >= 15 is 0 Å². The molecule has 0 spiro atoms. The lowest BCUT2D eigenvalue weighted by molar-refractivity contribution is -0.137. The number of hydrogen-bond donors (Lipinski definition) is 0. The van der Waals surface area contributed by atoms with E-state index < -0.39 is 11.7 Å². The summed E-state index contributed by atoms with van der Waals surface area (Å²) in [4.78, 5) is 5.57. The average molecular weight is 285 g/mol. The third-order valence-corrected chi connectivity index (χ3v) is 3.21. The maximum Gasteiger partial charge on any atom is 0.417 e. The lowest BCUT2D eigenvalue weighted by Gasteiger charge is -2.18. The van der Waals surface area contributed by atoms with E-state index in [9.17, 15) is 13.2 Å². The van der Waals surface area contributed by atoms with E-state index in [0.29, 0.717) is 18.9 Å². The second kappa shape index (κ2) is 4.53. The van der Waals surface area contributed by atoms with Crippen LogP contribution in [0, 0.1) is 0 Å². The molecule has 1 saturated heterocycles. The van der Waals surface area contributed by atoms with E-state index in [-0.39, 0.29) is 10.4 Å². The van der Waals surface area contributed by atoms with Crippen LogP contribution in [-0.4, -0.2) is 23.5 Å². The van der Waals surface area contributed by atoms with Gasteiger partial charge in [-0.05, 0) is 12.5 Å². The van der Waals surface area contributed by atoms with Crippen LogP contribution in [0.25, 0.3) is 0 Å². The molecule has 1 fully saturated rings. The minimum absolute atomic E-state index is 0.00448. The molecule has 1 aromatic heterocycles. The number of rotatable bonds is 1. The molecular formula is C10H9Cl2F3N2. The first-order valence-corrected chi connectivity index (χ1v) is 5.81. The van der Waals surface area contributed by atoms with Crippen LogP contribution >= 0.6 is 23.2 Å². The number of alkyl halides is 4. The Bertz CT molecular complexity index is 423. The van der Waals surface area contributed by atoms with Gasteiger partial charge in [-0.15, -0.1) is 11.6 Å². The third-order valence-electron chi connectivity index (χ3n) is 2.58. The van der Waals surface area contributed by atoms with E-state index in [2.05, 4.69) is 4.98 Å². The summed E-state index contributed by atoms with van der Waals surface area (Å²) in [7, 11) is 0. The zero-order valence-corrected chi connectivity index (χ0v) is 10.1. The molecule has 0 saturated carbocycles. The zero-order valence-electron chi connectivity index (χ0n) is 8.64. The Balaban J connectivity index is 2.26. The Hall–Kier alpha value is -0.680. The molecule has 0 N–H and O–H groups in total. The van der Waals surface area contributed by atoms with Crippen molar-refractivity contribution in [3.63, 3.8) is 0 Å². The first-order valence-electron chi connectivity index (χ1n) is 4.99. The number of nitrogens with zero attached hydrogens (tertiary/aromatic N) is 2. The van der Waals surface area contributed by atoms with Crippen molar-refractivity contribution in [3.05, 3.63) is 22.8 Å². The summed E-state index contributed by atoms with van der Waals surface area (Å²) in [6, 6.07) is 0.894. The maximum atomic E-state index is 12.4. The molecule has 17 heavy (non-hydrogen) atoms. The van der Waals surface area contributed by atoms with Crippen molar-refractivity contribution in [1.29, 1.82) is 0 Å². The minimum Gasteiger partial charge on any atom is -0.354 e. The van der Waals surface area contributed by atoms with Gasteiger partial charge in [-0.2, -0.15) is 13.2 Å². The van der Waals surface area contributed by atoms with E-state index in [1.807, 2.05) is 0 Å². The van der Waals surface area contributed by atoms with Gasteiger partial charge in [-0.1, -0.05) is 11.6 Å². The summed E-state index contributed by atoms with van der Waals surface area (Å²) in [6.45, 7) is 1.21. The SMILES string of the molecule is FC(F)(F)c1cnc(N2CCC(Cl)C2)c(Cl)c1. The lowest BCUT2D eigenvalue weighted by Crippen LogP contribution is -2.21. The molecule has 2 nitrogen and oxygen atoms in total. The molecule has 0 aromatic carbocycles. The highest BCUT2D eigenvalue weighted by Gasteiger charge is 2.32. The summed E-state index contributed by atoms with van der Waals surface area (Å²) in [5.41, 5.74) is -0.840. The van der Waals surface area contributed by atoms with Crippen LogP contribution < -0.4 is 4.90 Å². The molecule has 1 aliphatic rings. The highest BCUT2D eigenvalue weighted by molar-refractivity contribution is 6.33. The molecule has 1 unspecified atom stereocenters. The summed E-state index contributed by atoms with van der Waals surface area (Å²) in [6.07, 6.45) is -2.85. The number of hydrogen-bond acceptors (Lipinski definition) is 2. The monoisotopic (exact) mass is 284 g/mol. The number of pyridine rings is 1. The molecular weight excluding hydrogens is 276 g/mol. The van der Waals surface area contributed by atoms with Crippen molar-refractivity contribution >= 4 is 29.0 Å². The Morgan fingerprint density at radius 3 is 2.59 bits per heavy atom. The molecule has 2 heterocycles. The van der Waals surface area contributed by atoms with Crippen LogP contribution in [0.3, 0.4) is 0 Å². The topological polar surface area (TPSA) is 16.1 Å². The molecule has 1 aromatic rings. The largest absolute Gasteiger partial charge is 0.417 e. The van der Waals surface area contributed by atoms with Gasteiger partial charge < -0.3 is 4.90 Å². The zero-order chi connectivity index (χ0) is 12.6. The van der Waals surface area contributed by atoms with E-state index in [0.717, 1.165) is 18.7 Å². The fourth-order valence-corrected chi connectivity index (χ4v) is 2.28. The summed E-state index contributed by atoms with van der Waals surface area (Å²) in [5.74, 6) is 0.364. The number of aromatic nitrogens is 1. The van der Waals surface area contributed by atoms with Gasteiger partial charge in [-0.25, -0.2) is 4.98 Å². The average Bonchev–Trinajstić information content (AvgIpc) is 2.63. The lowest BCUT2D eigenvalue weighted by atomic mass is 10.2. The highest BCUT2D eigenvalue weighted by atomic mass is 35.5. The van der Waals surface area contributed by atoms with Crippen molar-refractivity contribution in [1.82, 2.24) is 4.98 Å². The smallest absolute Gasteiger partial charge is 0.354 e. The molecule has 1 atom stereocenters. The number of anilines is 1. The van der Waals surface area contributed by atoms with Crippen molar-refractivity contribution in [3.8, 4) is 0 Å². The van der Waals surface area contributed by atoms with Gasteiger partial charge >= 0.3 is 6.18 Å². The predicted octanol–water partition coefficient (Wildman–Crippen LogP) is 3.57. The summed E-state index contributed by atoms with van der Waals surface area (Å²) >= 11 is 11.7. The van der Waals surface area contributed by atoms with Crippen LogP contribution in [0.2, 0.25) is 5.02 Å². The van der Waals surface area contributed by atoms with E-state index in [1.165, 1.54) is 0 Å². The normalized spacial score (nSPS) is 21.0. The maximum absolute atomic E-state index is 12.4. The third kappa shape index (κ3) is 2.77. The van der Waals surface area contributed by atoms with Crippen molar-refractivity contribution in [2.24, 2.45) is 0 Å². The van der Waals surface area contributed by atoms with Gasteiger partial charge in [-0.3, -0.25) is 0 Å². The molecule has 1 aliphatic heterocycles. The van der Waals surface area contributed by atoms with Crippen molar-refractivity contribution in [2.45, 2.75) is 18.0 Å². The Morgan fingerprint density at radius 1 is 1.41 bits per heavy atom. The highest BCUT2D eigenvalue weighted by Crippen LogP contribution is 2.34. The standard InChI is InChI=1S/C10H9Cl2F3N2/c11-7-1-2-17(5-7)9-8(12)3-6(4-16-9)10(13,14)15/h3-4,7H,1-2,5H2. The van der Waals surface area contributed by atoms with Crippen LogP contribution in [0.5, 0.6) is 0 Å². The Kier molecular flexibility index (Phi) is 3.41. The summed E-state index contributed by atoms with van der Waals surface area (Å²) < 4.78 is 37.2. The molecule has 7 heteroatoms. The second-order valence-corrected chi connectivity index (χ2v) is 4.88. The molecule has 0 amide bonds. The van der Waals surface area contributed by atoms with Crippen LogP contribution in [-0.2, 0) is 6.18 Å². The summed E-state index contributed by atoms with van der Waals surface area (Å²) in [5, 5.41) is 0.000695. The van der Waals surface area contributed by atoms with Crippen LogP contribution in [0.4, 0.5) is 19.0 Å². The fourth-order valence-electron chi connectivity index (χ4n) is 1.73. The molecule has 0 radical (unpaired) electrons. The number of halogens is 5. The Labute approximate surface area is 106 Å². The Morgan fingerprint density at radius 2 is 2.12 bits per heavy atom. The molecule has 0 aliphatic carbocycles. The minimum atomic E-state index is -4.42. The van der Waals surface area contributed by atoms with Gasteiger partial charge in [0.05, 0.1) is 16.0 Å². The molecule has 2 rings (SSSR count). The van der Waals surface area contributed by atoms with Crippen LogP contribution in [0.15, 0.2) is 12.3 Å². The van der Waals surface area contributed by atoms with Gasteiger partial charge in [0, 0.05) is 19.3 Å². The van der Waals surface area contributed by atoms with E-state index in [4.69, 9.17) is 23.2 Å². The first kappa shape index (κ1) is 12.8. The first-order chi connectivity index (χ1) is 7.88. The van der Waals surface area contributed by atoms with Gasteiger partial charge in [0.1, 0.15) is 5.82 Å². The van der Waals surface area contributed by atoms with Crippen LogP contribution in [0.1, 0.15) is 12.0 Å². The van der Waals surface area contributed by atoms with Gasteiger partial charge in [0.25, 0.3) is 0 Å². The van der Waals surface area contributed by atoms with Crippen molar-refractivity contribution in [2.75, 3.05) is 18.0 Å². The quantitative estimate of drug-likeness (QED) is 0.733. The van der Waals surface area contributed by atoms with Gasteiger partial charge in [0.2, 0.25) is 0 Å². The second-order valence-electron chi connectivity index (χ2n) is 3.86. The van der Waals surface area contributed by atoms with Gasteiger partial charge in [0.15, 0.2) is 0 Å². The van der Waals surface area contributed by atoms with Crippen molar-refractivity contribution < 1.29 is 13.2 Å². The van der Waals surface area contributed by atoms with E-state index in [1.54, 1.807) is 4.90 Å². The molecule has 94 valence electrons. The molecule has 0 bridgehead atoms. The fraction of sp³-hybridized carbons (Fsp3) is 0.500.